The molecule has 0 N–H and O–H groups in total. The smallest absolute Gasteiger partial charge is 0.192 e. The molecule has 0 aromatic heterocycles. The largest absolute Gasteiger partial charge is 0.406 e. The molecular formula is C23H40O5SSi. The molecule has 1 fully saturated rings. The highest BCUT2D eigenvalue weighted by atomic mass is 32.2. The van der Waals surface area contributed by atoms with Crippen LogP contribution >= 0.6 is 11.8 Å². The fraction of sp³-hybridized carbons (Fsp3) is 0.739. The maximum absolute atomic E-state index is 6.86. The van der Waals surface area contributed by atoms with Crippen molar-refractivity contribution in [3.63, 3.8) is 0 Å². The van der Waals surface area contributed by atoms with Gasteiger partial charge in [-0.3, -0.25) is 0 Å². The van der Waals surface area contributed by atoms with Gasteiger partial charge in [0.1, 0.15) is 12.2 Å². The van der Waals surface area contributed by atoms with Gasteiger partial charge in [0.05, 0.1) is 11.9 Å². The molecule has 1 aromatic carbocycles. The topological polar surface area (TPSA) is 46.2 Å². The Morgan fingerprint density at radius 3 is 2.27 bits per heavy atom. The average molecular weight is 457 g/mol. The summed E-state index contributed by atoms with van der Waals surface area (Å²) < 4.78 is 30.7. The lowest BCUT2D eigenvalue weighted by atomic mass is 10.1. The molecular weight excluding hydrogens is 416 g/mol. The standard InChI is InChI=1S/C23H40O5SSi/c1-22(2,3)30(8,9)28-20(21(24-6)25-7)19-18(15-26-23(4,5)27-19)29-16-17-13-11-10-12-14-17/h10-14,18-21H,15-16H2,1-9H3/t18-,19-,20-/m1/s1. The van der Waals surface area contributed by atoms with Crippen molar-refractivity contribution < 1.29 is 23.4 Å². The van der Waals surface area contributed by atoms with Crippen LogP contribution in [0.25, 0.3) is 0 Å². The van der Waals surface area contributed by atoms with E-state index in [9.17, 15) is 0 Å². The molecule has 1 aliphatic heterocycles. The number of ether oxygens (including phenoxy) is 4. The highest BCUT2D eigenvalue weighted by Crippen LogP contribution is 2.41. The molecule has 2 rings (SSSR count). The zero-order valence-corrected chi connectivity index (χ0v) is 21.9. The summed E-state index contributed by atoms with van der Waals surface area (Å²) in [7, 11) is 1.22. The molecule has 0 spiro atoms. The molecule has 1 aromatic rings. The summed E-state index contributed by atoms with van der Waals surface area (Å²) in [6, 6.07) is 10.5. The van der Waals surface area contributed by atoms with Crippen molar-refractivity contribution in [2.24, 2.45) is 0 Å². The van der Waals surface area contributed by atoms with Crippen molar-refractivity contribution in [1.82, 2.24) is 0 Å². The van der Waals surface area contributed by atoms with E-state index >= 15 is 0 Å². The van der Waals surface area contributed by atoms with Crippen molar-refractivity contribution in [1.29, 1.82) is 0 Å². The van der Waals surface area contributed by atoms with E-state index in [2.05, 4.69) is 58.1 Å². The van der Waals surface area contributed by atoms with Crippen LogP contribution in [0.3, 0.4) is 0 Å². The Hall–Kier alpha value is -0.413. The molecule has 0 amide bonds. The number of hydrogen-bond acceptors (Lipinski definition) is 6. The van der Waals surface area contributed by atoms with Gasteiger partial charge in [0.25, 0.3) is 0 Å². The van der Waals surface area contributed by atoms with Crippen LogP contribution in [0.15, 0.2) is 30.3 Å². The van der Waals surface area contributed by atoms with Crippen molar-refractivity contribution in [2.45, 2.75) is 88.0 Å². The summed E-state index contributed by atoms with van der Waals surface area (Å²) in [6.07, 6.45) is -1.09. The summed E-state index contributed by atoms with van der Waals surface area (Å²) in [5.41, 5.74) is 1.28. The normalized spacial score (nSPS) is 23.5. The molecule has 0 unspecified atom stereocenters. The van der Waals surface area contributed by atoms with E-state index in [1.165, 1.54) is 5.56 Å². The molecule has 0 saturated carbocycles. The molecule has 1 aliphatic rings. The third-order valence-corrected chi connectivity index (χ3v) is 11.8. The second kappa shape index (κ2) is 10.5. The van der Waals surface area contributed by atoms with Crippen LogP contribution in [0.5, 0.6) is 0 Å². The third-order valence-electron chi connectivity index (χ3n) is 5.98. The molecule has 5 nitrogen and oxygen atoms in total. The molecule has 1 heterocycles. The molecule has 0 radical (unpaired) electrons. The van der Waals surface area contributed by atoms with E-state index in [0.717, 1.165) is 5.75 Å². The Labute approximate surface area is 188 Å². The minimum atomic E-state index is -2.10. The third kappa shape index (κ3) is 6.79. The first-order chi connectivity index (χ1) is 13.9. The van der Waals surface area contributed by atoms with Gasteiger partial charge in [0, 0.05) is 20.0 Å². The second-order valence-corrected chi connectivity index (χ2v) is 15.8. The van der Waals surface area contributed by atoms with Gasteiger partial charge in [-0.1, -0.05) is 51.1 Å². The molecule has 172 valence electrons. The van der Waals surface area contributed by atoms with Gasteiger partial charge in [-0.05, 0) is 37.5 Å². The lowest BCUT2D eigenvalue weighted by Crippen LogP contribution is -2.60. The fourth-order valence-electron chi connectivity index (χ4n) is 3.17. The van der Waals surface area contributed by atoms with Gasteiger partial charge in [0.15, 0.2) is 20.4 Å². The second-order valence-electron chi connectivity index (χ2n) is 9.81. The summed E-state index contributed by atoms with van der Waals surface area (Å²) in [6.45, 7) is 15.7. The summed E-state index contributed by atoms with van der Waals surface area (Å²) >= 11 is 1.83. The molecule has 3 atom stereocenters. The first-order valence-electron chi connectivity index (χ1n) is 10.6. The quantitative estimate of drug-likeness (QED) is 0.364. The van der Waals surface area contributed by atoms with Gasteiger partial charge >= 0.3 is 0 Å². The minimum absolute atomic E-state index is 0.0602. The molecule has 7 heteroatoms. The first kappa shape index (κ1) is 25.8. The number of methoxy groups -OCH3 is 2. The highest BCUT2D eigenvalue weighted by Gasteiger charge is 2.49. The predicted molar refractivity (Wildman–Crippen MR) is 126 cm³/mol. The van der Waals surface area contributed by atoms with Gasteiger partial charge in [-0.15, -0.1) is 11.8 Å². The van der Waals surface area contributed by atoms with Crippen LogP contribution in [0.2, 0.25) is 18.1 Å². The van der Waals surface area contributed by atoms with E-state index < -0.39 is 20.4 Å². The maximum Gasteiger partial charge on any atom is 0.192 e. The van der Waals surface area contributed by atoms with Crippen molar-refractivity contribution in [3.8, 4) is 0 Å². The van der Waals surface area contributed by atoms with Crippen LogP contribution < -0.4 is 0 Å². The Bertz CT molecular complexity index is 643. The van der Waals surface area contributed by atoms with Crippen molar-refractivity contribution in [3.05, 3.63) is 35.9 Å². The molecule has 30 heavy (non-hydrogen) atoms. The summed E-state index contributed by atoms with van der Waals surface area (Å²) in [5, 5.41) is 0.158. The van der Waals surface area contributed by atoms with Crippen molar-refractivity contribution in [2.75, 3.05) is 20.8 Å². The maximum atomic E-state index is 6.86. The lowest BCUT2D eigenvalue weighted by Gasteiger charge is -2.48. The number of benzene rings is 1. The molecule has 0 aliphatic carbocycles. The Kier molecular flexibility index (Phi) is 9.02. The molecule has 0 bridgehead atoms. The van der Waals surface area contributed by atoms with E-state index in [0.29, 0.717) is 6.61 Å². The van der Waals surface area contributed by atoms with Gasteiger partial charge < -0.3 is 23.4 Å². The number of rotatable bonds is 9. The lowest BCUT2D eigenvalue weighted by molar-refractivity contribution is -0.302. The van der Waals surface area contributed by atoms with E-state index in [-0.39, 0.29) is 22.5 Å². The van der Waals surface area contributed by atoms with E-state index in [1.807, 2.05) is 31.7 Å². The SMILES string of the molecule is COC(OC)[C@H](O[Si](C)(C)C(C)(C)C)[C@@H]1OC(C)(C)OC[C@H]1SCc1ccccc1. The highest BCUT2D eigenvalue weighted by molar-refractivity contribution is 7.99. The zero-order chi connectivity index (χ0) is 22.6. The van der Waals surface area contributed by atoms with Crippen LogP contribution in [-0.4, -0.2) is 58.7 Å². The monoisotopic (exact) mass is 456 g/mol. The van der Waals surface area contributed by atoms with Crippen LogP contribution in [-0.2, 0) is 29.1 Å². The first-order valence-corrected chi connectivity index (χ1v) is 14.6. The van der Waals surface area contributed by atoms with Crippen LogP contribution in [0.1, 0.15) is 40.2 Å². The Balaban J connectivity index is 2.30. The van der Waals surface area contributed by atoms with Crippen LogP contribution in [0, 0.1) is 0 Å². The number of thioether (sulfide) groups is 1. The fourth-order valence-corrected chi connectivity index (χ4v) is 5.62. The van der Waals surface area contributed by atoms with E-state index in [4.69, 9.17) is 23.4 Å². The molecule has 1 saturated heterocycles. The van der Waals surface area contributed by atoms with Gasteiger partial charge in [-0.25, -0.2) is 0 Å². The van der Waals surface area contributed by atoms with E-state index in [1.54, 1.807) is 14.2 Å². The van der Waals surface area contributed by atoms with Gasteiger partial charge in [-0.2, -0.15) is 0 Å². The average Bonchev–Trinajstić information content (AvgIpc) is 2.66. The minimum Gasteiger partial charge on any atom is -0.406 e. The zero-order valence-electron chi connectivity index (χ0n) is 20.1. The Morgan fingerprint density at radius 2 is 1.73 bits per heavy atom. The number of hydrogen-bond donors (Lipinski definition) is 0. The Morgan fingerprint density at radius 1 is 1.13 bits per heavy atom. The summed E-state index contributed by atoms with van der Waals surface area (Å²) in [5.74, 6) is 0.197. The summed E-state index contributed by atoms with van der Waals surface area (Å²) in [4.78, 5) is 0. The van der Waals surface area contributed by atoms with Crippen LogP contribution in [0.4, 0.5) is 0 Å². The van der Waals surface area contributed by atoms with Crippen molar-refractivity contribution >= 4 is 20.1 Å². The predicted octanol–water partition coefficient (Wildman–Crippen LogP) is 5.45. The van der Waals surface area contributed by atoms with Gasteiger partial charge in [0.2, 0.25) is 0 Å².